The molecule has 0 aliphatic heterocycles. The molecular weight excluding hydrogens is 426 g/mol. The summed E-state index contributed by atoms with van der Waals surface area (Å²) < 4.78 is 0. The number of rotatable bonds is 5. The standard InChI is InChI=1S/C24H27N3O6/c1-23(2)8-19(28)15(20(29)9-23)12-25-17-6-5-14(27(32)33)7-18(17)26-13-16-21(30)10-24(3,4)11-22(16)31/h5-7,12-13,28,30H,8-11H2,1-4H3. The van der Waals surface area contributed by atoms with E-state index < -0.39 is 4.92 Å². The van der Waals surface area contributed by atoms with Crippen LogP contribution in [0, 0.1) is 20.9 Å². The average Bonchev–Trinajstić information content (AvgIpc) is 2.65. The second-order valence-electron chi connectivity index (χ2n) is 10.0. The van der Waals surface area contributed by atoms with Crippen molar-refractivity contribution in [3.8, 4) is 0 Å². The highest BCUT2D eigenvalue weighted by molar-refractivity contribution is 6.16. The van der Waals surface area contributed by atoms with E-state index in [9.17, 15) is 29.9 Å². The van der Waals surface area contributed by atoms with Crippen molar-refractivity contribution in [1.82, 2.24) is 0 Å². The van der Waals surface area contributed by atoms with Crippen molar-refractivity contribution in [2.24, 2.45) is 20.8 Å². The fourth-order valence-corrected chi connectivity index (χ4v) is 4.00. The number of aliphatic hydroxyl groups is 2. The molecule has 1 aromatic rings. The Bertz CT molecular complexity index is 1150. The summed E-state index contributed by atoms with van der Waals surface area (Å²) in [6, 6.07) is 3.81. The fraction of sp³-hybridized carbons (Fsp3) is 0.417. The highest BCUT2D eigenvalue weighted by atomic mass is 16.6. The van der Waals surface area contributed by atoms with E-state index >= 15 is 0 Å². The number of allylic oxidation sites excluding steroid dienone is 4. The van der Waals surface area contributed by atoms with Crippen LogP contribution in [0.15, 0.2) is 50.8 Å². The summed E-state index contributed by atoms with van der Waals surface area (Å²) in [5.74, 6) is -0.656. The molecule has 0 atom stereocenters. The van der Waals surface area contributed by atoms with E-state index in [0.717, 1.165) is 0 Å². The molecule has 33 heavy (non-hydrogen) atoms. The zero-order chi connectivity index (χ0) is 24.6. The lowest BCUT2D eigenvalue weighted by Gasteiger charge is -2.28. The van der Waals surface area contributed by atoms with Crippen LogP contribution in [-0.4, -0.2) is 39.1 Å². The van der Waals surface area contributed by atoms with Crippen molar-refractivity contribution in [3.63, 3.8) is 0 Å². The molecule has 2 aliphatic rings. The van der Waals surface area contributed by atoms with Gasteiger partial charge >= 0.3 is 0 Å². The van der Waals surface area contributed by atoms with Gasteiger partial charge in [-0.05, 0) is 16.9 Å². The van der Waals surface area contributed by atoms with Gasteiger partial charge in [-0.15, -0.1) is 0 Å². The minimum absolute atomic E-state index is 0.0563. The molecule has 0 fully saturated rings. The van der Waals surface area contributed by atoms with Crippen LogP contribution in [0.5, 0.6) is 0 Å². The van der Waals surface area contributed by atoms with E-state index in [0.29, 0.717) is 12.8 Å². The third-order valence-corrected chi connectivity index (χ3v) is 5.63. The minimum atomic E-state index is -0.585. The molecule has 1 aromatic carbocycles. The summed E-state index contributed by atoms with van der Waals surface area (Å²) in [5.41, 5.74) is -0.504. The van der Waals surface area contributed by atoms with Crippen LogP contribution in [0.3, 0.4) is 0 Å². The van der Waals surface area contributed by atoms with Gasteiger partial charge in [0.2, 0.25) is 0 Å². The van der Waals surface area contributed by atoms with Gasteiger partial charge in [0.15, 0.2) is 11.6 Å². The van der Waals surface area contributed by atoms with Crippen LogP contribution in [0.25, 0.3) is 0 Å². The molecule has 0 heterocycles. The van der Waals surface area contributed by atoms with E-state index in [1.165, 1.54) is 30.6 Å². The smallest absolute Gasteiger partial charge is 0.271 e. The predicted molar refractivity (Wildman–Crippen MR) is 125 cm³/mol. The molecule has 0 spiro atoms. The molecule has 0 amide bonds. The Morgan fingerprint density at radius 3 is 1.73 bits per heavy atom. The lowest BCUT2D eigenvalue weighted by atomic mass is 9.77. The molecule has 0 saturated carbocycles. The third kappa shape index (κ3) is 5.60. The summed E-state index contributed by atoms with van der Waals surface area (Å²) >= 11 is 0. The Labute approximate surface area is 191 Å². The Kier molecular flexibility index (Phi) is 6.35. The first-order valence-corrected chi connectivity index (χ1v) is 10.6. The van der Waals surface area contributed by atoms with Gasteiger partial charge in [0, 0.05) is 50.2 Å². The first kappa shape index (κ1) is 24.0. The number of benzene rings is 1. The third-order valence-electron chi connectivity index (χ3n) is 5.63. The summed E-state index contributed by atoms with van der Waals surface area (Å²) in [6.07, 6.45) is 3.57. The maximum absolute atomic E-state index is 12.4. The van der Waals surface area contributed by atoms with Crippen LogP contribution < -0.4 is 0 Å². The second-order valence-corrected chi connectivity index (χ2v) is 10.0. The molecule has 0 aromatic heterocycles. The Morgan fingerprint density at radius 1 is 0.848 bits per heavy atom. The van der Waals surface area contributed by atoms with Gasteiger partial charge in [-0.1, -0.05) is 27.7 Å². The fourth-order valence-electron chi connectivity index (χ4n) is 4.00. The van der Waals surface area contributed by atoms with Gasteiger partial charge in [-0.3, -0.25) is 29.7 Å². The minimum Gasteiger partial charge on any atom is -0.511 e. The normalized spacial score (nSPS) is 20.8. The molecule has 0 unspecified atom stereocenters. The molecule has 0 bridgehead atoms. The molecule has 174 valence electrons. The molecule has 0 radical (unpaired) electrons. The van der Waals surface area contributed by atoms with Crippen LogP contribution >= 0.6 is 0 Å². The highest BCUT2D eigenvalue weighted by Gasteiger charge is 2.33. The Balaban J connectivity index is 1.99. The molecule has 2 N–H and O–H groups in total. The topological polar surface area (TPSA) is 142 Å². The quantitative estimate of drug-likeness (QED) is 0.347. The number of non-ortho nitro benzene ring substituents is 1. The highest BCUT2D eigenvalue weighted by Crippen LogP contribution is 2.38. The summed E-state index contributed by atoms with van der Waals surface area (Å²) in [7, 11) is 0. The van der Waals surface area contributed by atoms with Crippen LogP contribution in [0.1, 0.15) is 53.4 Å². The summed E-state index contributed by atoms with van der Waals surface area (Å²) in [5, 5.41) is 31.8. The Hall–Kier alpha value is -3.62. The number of hydrogen-bond acceptors (Lipinski definition) is 8. The lowest BCUT2D eigenvalue weighted by molar-refractivity contribution is -0.384. The molecular formula is C24H27N3O6. The molecule has 3 rings (SSSR count). The van der Waals surface area contributed by atoms with Crippen LogP contribution in [0.4, 0.5) is 17.1 Å². The van der Waals surface area contributed by atoms with E-state index in [1.807, 2.05) is 27.7 Å². The summed E-state index contributed by atoms with van der Waals surface area (Å²) in [6.45, 7) is 7.52. The molecule has 9 nitrogen and oxygen atoms in total. The van der Waals surface area contributed by atoms with Crippen LogP contribution in [-0.2, 0) is 9.59 Å². The van der Waals surface area contributed by atoms with E-state index in [4.69, 9.17) is 0 Å². The van der Waals surface area contributed by atoms with Gasteiger partial charge in [0.1, 0.15) is 11.5 Å². The number of carbonyl (C=O) groups excluding carboxylic acids is 2. The van der Waals surface area contributed by atoms with Gasteiger partial charge in [0.25, 0.3) is 5.69 Å². The molecule has 2 aliphatic carbocycles. The first-order chi connectivity index (χ1) is 15.3. The number of hydrogen-bond donors (Lipinski definition) is 2. The molecule has 9 heteroatoms. The van der Waals surface area contributed by atoms with E-state index in [-0.39, 0.29) is 75.0 Å². The zero-order valence-corrected chi connectivity index (χ0v) is 19.1. The van der Waals surface area contributed by atoms with Crippen molar-refractivity contribution in [3.05, 3.63) is 51.0 Å². The number of nitro benzene ring substituents is 1. The van der Waals surface area contributed by atoms with E-state index in [1.54, 1.807) is 0 Å². The Morgan fingerprint density at radius 2 is 1.30 bits per heavy atom. The van der Waals surface area contributed by atoms with Crippen molar-refractivity contribution in [2.75, 3.05) is 0 Å². The van der Waals surface area contributed by atoms with Gasteiger partial charge in [-0.2, -0.15) is 0 Å². The van der Waals surface area contributed by atoms with Gasteiger partial charge in [0.05, 0.1) is 27.4 Å². The van der Waals surface area contributed by atoms with Crippen LogP contribution in [0.2, 0.25) is 0 Å². The first-order valence-electron chi connectivity index (χ1n) is 10.6. The maximum atomic E-state index is 12.4. The SMILES string of the molecule is CC1(C)CC(=O)C(C=Nc2ccc([N+](=O)[O-])cc2N=CC2=C(O)CC(C)(C)CC2=O)=C(O)C1. The van der Waals surface area contributed by atoms with Gasteiger partial charge in [-0.25, -0.2) is 0 Å². The van der Waals surface area contributed by atoms with Crippen molar-refractivity contribution >= 4 is 41.1 Å². The number of aliphatic imine (C=N–C) groups is 2. The zero-order valence-electron chi connectivity index (χ0n) is 19.1. The largest absolute Gasteiger partial charge is 0.511 e. The number of nitrogens with zero attached hydrogens (tertiary/aromatic N) is 3. The van der Waals surface area contributed by atoms with Crippen molar-refractivity contribution in [2.45, 2.75) is 53.4 Å². The lowest BCUT2D eigenvalue weighted by Crippen LogP contribution is -2.26. The number of ketones is 2. The van der Waals surface area contributed by atoms with Crippen molar-refractivity contribution < 1.29 is 24.7 Å². The number of Topliss-reactive ketones (excluding diaryl/α,β-unsaturated/α-hetero) is 2. The predicted octanol–water partition coefficient (Wildman–Crippen LogP) is 5.40. The maximum Gasteiger partial charge on any atom is 0.271 e. The second kappa shape index (κ2) is 8.73. The summed E-state index contributed by atoms with van der Waals surface area (Å²) in [4.78, 5) is 43.9. The number of aliphatic hydroxyl groups excluding tert-OH is 2. The molecule has 0 saturated heterocycles. The monoisotopic (exact) mass is 453 g/mol. The van der Waals surface area contributed by atoms with E-state index in [2.05, 4.69) is 9.98 Å². The number of nitro groups is 1. The van der Waals surface area contributed by atoms with Gasteiger partial charge < -0.3 is 10.2 Å². The van der Waals surface area contributed by atoms with Crippen molar-refractivity contribution in [1.29, 1.82) is 0 Å². The number of carbonyl (C=O) groups is 2. The average molecular weight is 453 g/mol.